The van der Waals surface area contributed by atoms with Crippen molar-refractivity contribution in [2.75, 3.05) is 23.7 Å². The second-order valence-corrected chi connectivity index (χ2v) is 11.8. The van der Waals surface area contributed by atoms with Crippen molar-refractivity contribution in [3.8, 4) is 11.3 Å². The van der Waals surface area contributed by atoms with Crippen LogP contribution in [0.3, 0.4) is 0 Å². The summed E-state index contributed by atoms with van der Waals surface area (Å²) in [5, 5.41) is 19.1. The molecule has 0 fully saturated rings. The van der Waals surface area contributed by atoms with E-state index in [2.05, 4.69) is 85.3 Å². The van der Waals surface area contributed by atoms with Gasteiger partial charge in [0.15, 0.2) is 0 Å². The summed E-state index contributed by atoms with van der Waals surface area (Å²) in [4.78, 5) is 15.9. The summed E-state index contributed by atoms with van der Waals surface area (Å²) in [5.41, 5.74) is 7.91. The summed E-state index contributed by atoms with van der Waals surface area (Å²) in [6, 6.07) is 25.0. The minimum Gasteiger partial charge on any atom is -0.481 e. The molecule has 6 heteroatoms. The Bertz CT molecular complexity index is 1320. The van der Waals surface area contributed by atoms with Crippen LogP contribution in [0.4, 0.5) is 11.4 Å². The van der Waals surface area contributed by atoms with Crippen LogP contribution in [0.15, 0.2) is 78.2 Å². The Kier molecular flexibility index (Phi) is 9.19. The number of nitrogens with one attached hydrogen (secondary N) is 2. The maximum Gasteiger partial charge on any atom is 0.307 e. The molecule has 0 radical (unpaired) electrons. The van der Waals surface area contributed by atoms with Crippen LogP contribution < -0.4 is 10.6 Å². The number of carboxylic acid groups (broad SMARTS) is 1. The summed E-state index contributed by atoms with van der Waals surface area (Å²) in [6.07, 6.45) is 2.88. The van der Waals surface area contributed by atoms with E-state index in [1.54, 1.807) is 11.3 Å². The second kappa shape index (κ2) is 12.7. The van der Waals surface area contributed by atoms with Gasteiger partial charge in [0.05, 0.1) is 17.1 Å². The molecule has 3 aromatic carbocycles. The number of benzene rings is 3. The van der Waals surface area contributed by atoms with Crippen LogP contribution in [0.2, 0.25) is 0 Å². The van der Waals surface area contributed by atoms with Crippen LogP contribution in [-0.4, -0.2) is 29.1 Å². The lowest BCUT2D eigenvalue weighted by Crippen LogP contribution is -2.09. The van der Waals surface area contributed by atoms with Crippen molar-refractivity contribution in [1.82, 2.24) is 4.98 Å². The summed E-state index contributed by atoms with van der Waals surface area (Å²) in [6.45, 7) is 8.41. The van der Waals surface area contributed by atoms with Crippen LogP contribution in [-0.2, 0) is 30.5 Å². The van der Waals surface area contributed by atoms with E-state index in [1.165, 1.54) is 11.1 Å². The van der Waals surface area contributed by atoms with E-state index in [0.29, 0.717) is 12.0 Å². The molecule has 1 heterocycles. The first-order chi connectivity index (χ1) is 18.2. The predicted octanol–water partition coefficient (Wildman–Crippen LogP) is 7.34. The van der Waals surface area contributed by atoms with Crippen LogP contribution >= 0.6 is 11.3 Å². The fourth-order valence-corrected chi connectivity index (χ4v) is 5.23. The average molecular weight is 528 g/mol. The predicted molar refractivity (Wildman–Crippen MR) is 159 cm³/mol. The Labute approximate surface area is 230 Å². The number of rotatable bonds is 12. The SMILES string of the molecule is CC(C)(C)Cc1ccc(CCNc2ccc(-c3csc(CCNc4ccccc4CC(=O)O)n3)cc2)cc1. The first kappa shape index (κ1) is 27.4. The van der Waals surface area contributed by atoms with Gasteiger partial charge in [0.1, 0.15) is 0 Å². The van der Waals surface area contributed by atoms with Gasteiger partial charge in [-0.1, -0.05) is 75.4 Å². The molecule has 4 aromatic rings. The molecule has 1 aromatic heterocycles. The number of aliphatic carboxylic acids is 1. The minimum absolute atomic E-state index is 0.0141. The monoisotopic (exact) mass is 527 g/mol. The number of hydrogen-bond acceptors (Lipinski definition) is 5. The van der Waals surface area contributed by atoms with Gasteiger partial charge in [0.2, 0.25) is 0 Å². The Morgan fingerprint density at radius 1 is 0.868 bits per heavy atom. The van der Waals surface area contributed by atoms with Gasteiger partial charge < -0.3 is 15.7 Å². The number of carbonyl (C=O) groups is 1. The molecule has 0 amide bonds. The molecule has 0 atom stereocenters. The van der Waals surface area contributed by atoms with Gasteiger partial charge in [-0.15, -0.1) is 11.3 Å². The molecular formula is C32H37N3O2S. The highest BCUT2D eigenvalue weighted by molar-refractivity contribution is 7.09. The highest BCUT2D eigenvalue weighted by Gasteiger charge is 2.11. The first-order valence-corrected chi connectivity index (χ1v) is 14.0. The zero-order chi connectivity index (χ0) is 27.0. The summed E-state index contributed by atoms with van der Waals surface area (Å²) in [7, 11) is 0. The number of hydrogen-bond donors (Lipinski definition) is 3. The highest BCUT2D eigenvalue weighted by atomic mass is 32.1. The van der Waals surface area contributed by atoms with Gasteiger partial charge in [-0.25, -0.2) is 4.98 Å². The van der Waals surface area contributed by atoms with E-state index in [0.717, 1.165) is 59.0 Å². The lowest BCUT2D eigenvalue weighted by atomic mass is 9.88. The molecule has 0 unspecified atom stereocenters. The Morgan fingerprint density at radius 3 is 2.26 bits per heavy atom. The van der Waals surface area contributed by atoms with Gasteiger partial charge in [-0.05, 0) is 53.1 Å². The van der Waals surface area contributed by atoms with E-state index in [-0.39, 0.29) is 6.42 Å². The molecule has 4 rings (SSSR count). The lowest BCUT2D eigenvalue weighted by Gasteiger charge is -2.18. The molecule has 0 aliphatic rings. The number of nitrogens with zero attached hydrogens (tertiary/aromatic N) is 1. The normalized spacial score (nSPS) is 11.3. The van der Waals surface area contributed by atoms with Gasteiger partial charge in [0.25, 0.3) is 0 Å². The van der Waals surface area contributed by atoms with E-state index >= 15 is 0 Å². The molecular weight excluding hydrogens is 490 g/mol. The van der Waals surface area contributed by atoms with Gasteiger partial charge in [0, 0.05) is 41.8 Å². The van der Waals surface area contributed by atoms with Crippen molar-refractivity contribution >= 4 is 28.7 Å². The van der Waals surface area contributed by atoms with Crippen molar-refractivity contribution in [2.24, 2.45) is 5.41 Å². The Balaban J connectivity index is 1.23. The third-order valence-corrected chi connectivity index (χ3v) is 7.15. The fraction of sp³-hybridized carbons (Fsp3) is 0.312. The molecule has 0 aliphatic carbocycles. The minimum atomic E-state index is -0.827. The summed E-state index contributed by atoms with van der Waals surface area (Å²) < 4.78 is 0. The molecule has 0 spiro atoms. The molecule has 5 nitrogen and oxygen atoms in total. The van der Waals surface area contributed by atoms with E-state index in [1.807, 2.05) is 24.3 Å². The van der Waals surface area contributed by atoms with Crippen LogP contribution in [0.5, 0.6) is 0 Å². The maximum atomic E-state index is 11.1. The summed E-state index contributed by atoms with van der Waals surface area (Å²) in [5.74, 6) is -0.827. The number of anilines is 2. The molecule has 3 N–H and O–H groups in total. The highest BCUT2D eigenvalue weighted by Crippen LogP contribution is 2.25. The standard InChI is InChI=1S/C32H37N3O2S/c1-32(2,3)21-24-10-8-23(9-11-24)16-18-33-27-14-12-25(13-15-27)29-22-38-30(35-29)17-19-34-28-7-5-4-6-26(28)20-31(36)37/h4-15,22,33-34H,16-21H2,1-3H3,(H,36,37). The van der Waals surface area contributed by atoms with Crippen LogP contribution in [0, 0.1) is 5.41 Å². The molecule has 0 saturated heterocycles. The zero-order valence-electron chi connectivity index (χ0n) is 22.5. The topological polar surface area (TPSA) is 74.2 Å². The lowest BCUT2D eigenvalue weighted by molar-refractivity contribution is -0.136. The smallest absolute Gasteiger partial charge is 0.307 e. The number of aromatic nitrogens is 1. The number of thiazole rings is 1. The molecule has 0 bridgehead atoms. The van der Waals surface area contributed by atoms with Crippen molar-refractivity contribution < 1.29 is 9.90 Å². The largest absolute Gasteiger partial charge is 0.481 e. The average Bonchev–Trinajstić information content (AvgIpc) is 3.34. The fourth-order valence-electron chi connectivity index (χ4n) is 4.42. The molecule has 38 heavy (non-hydrogen) atoms. The second-order valence-electron chi connectivity index (χ2n) is 10.8. The molecule has 0 saturated carbocycles. The van der Waals surface area contributed by atoms with Crippen LogP contribution in [0.25, 0.3) is 11.3 Å². The molecule has 198 valence electrons. The van der Waals surface area contributed by atoms with Crippen molar-refractivity contribution in [3.05, 3.63) is 99.9 Å². The van der Waals surface area contributed by atoms with E-state index < -0.39 is 5.97 Å². The van der Waals surface area contributed by atoms with Crippen LogP contribution in [0.1, 0.15) is 42.5 Å². The number of carboxylic acids is 1. The first-order valence-electron chi connectivity index (χ1n) is 13.2. The zero-order valence-corrected chi connectivity index (χ0v) is 23.3. The van der Waals surface area contributed by atoms with Crippen molar-refractivity contribution in [2.45, 2.75) is 46.5 Å². The third-order valence-electron chi connectivity index (χ3n) is 6.25. The van der Waals surface area contributed by atoms with Gasteiger partial charge in [-0.2, -0.15) is 0 Å². The van der Waals surface area contributed by atoms with E-state index in [4.69, 9.17) is 10.1 Å². The maximum absolute atomic E-state index is 11.1. The van der Waals surface area contributed by atoms with Crippen molar-refractivity contribution in [1.29, 1.82) is 0 Å². The van der Waals surface area contributed by atoms with Gasteiger partial charge in [-0.3, -0.25) is 4.79 Å². The number of para-hydroxylation sites is 1. The summed E-state index contributed by atoms with van der Waals surface area (Å²) >= 11 is 1.65. The molecule has 0 aliphatic heterocycles. The Morgan fingerprint density at radius 2 is 1.55 bits per heavy atom. The third kappa shape index (κ3) is 8.45. The van der Waals surface area contributed by atoms with Crippen molar-refractivity contribution in [3.63, 3.8) is 0 Å². The quantitative estimate of drug-likeness (QED) is 0.180. The van der Waals surface area contributed by atoms with Gasteiger partial charge >= 0.3 is 5.97 Å². The van der Waals surface area contributed by atoms with E-state index in [9.17, 15) is 4.79 Å². The Hall–Kier alpha value is -3.64.